The van der Waals surface area contributed by atoms with Crippen molar-refractivity contribution in [3.8, 4) is 0 Å². The average molecular weight is 327 g/mol. The lowest BCUT2D eigenvalue weighted by atomic mass is 10.1. The smallest absolute Gasteiger partial charge is 0.305 e. The predicted octanol–water partition coefficient (Wildman–Crippen LogP) is 2.80. The average Bonchev–Trinajstić information content (AvgIpc) is 2.84. The summed E-state index contributed by atoms with van der Waals surface area (Å²) in [6, 6.07) is 4.08. The summed E-state index contributed by atoms with van der Waals surface area (Å²) in [5, 5.41) is 8.95. The van der Waals surface area contributed by atoms with E-state index in [0.717, 1.165) is 24.3 Å². The lowest BCUT2D eigenvalue weighted by molar-refractivity contribution is -0.140. The Hall–Kier alpha value is -1.01. The van der Waals surface area contributed by atoms with Gasteiger partial charge in [0.1, 0.15) is 0 Å². The van der Waals surface area contributed by atoms with Gasteiger partial charge in [-0.3, -0.25) is 9.59 Å². The Morgan fingerprint density at radius 1 is 1.43 bits per heavy atom. The van der Waals surface area contributed by atoms with Crippen LogP contribution in [0.2, 0.25) is 0 Å². The molecular formula is C15H21NO3S2. The summed E-state index contributed by atoms with van der Waals surface area (Å²) >= 11 is 3.51. The second-order valence-electron chi connectivity index (χ2n) is 5.28. The Labute approximate surface area is 133 Å². The molecule has 1 aliphatic rings. The van der Waals surface area contributed by atoms with Crippen LogP contribution in [0.5, 0.6) is 0 Å². The number of hydrogen-bond acceptors (Lipinski definition) is 4. The van der Waals surface area contributed by atoms with Gasteiger partial charge in [0.25, 0.3) is 0 Å². The molecule has 1 N–H and O–H groups in total. The molecule has 1 aliphatic heterocycles. The number of carboxylic acid groups (broad SMARTS) is 1. The van der Waals surface area contributed by atoms with E-state index in [-0.39, 0.29) is 18.4 Å². The third-order valence-electron chi connectivity index (χ3n) is 3.57. The third-order valence-corrected chi connectivity index (χ3v) is 5.72. The van der Waals surface area contributed by atoms with Gasteiger partial charge in [-0.2, -0.15) is 11.8 Å². The molecule has 0 saturated carbocycles. The molecule has 2 rings (SSSR count). The number of rotatable bonds is 6. The summed E-state index contributed by atoms with van der Waals surface area (Å²) < 4.78 is 0. The van der Waals surface area contributed by atoms with Crippen molar-refractivity contribution in [2.24, 2.45) is 0 Å². The van der Waals surface area contributed by atoms with E-state index in [1.165, 1.54) is 9.75 Å². The Morgan fingerprint density at radius 2 is 2.24 bits per heavy atom. The zero-order valence-corrected chi connectivity index (χ0v) is 13.8. The van der Waals surface area contributed by atoms with Crippen LogP contribution in [0.3, 0.4) is 0 Å². The first-order valence-corrected chi connectivity index (χ1v) is 9.17. The minimum absolute atomic E-state index is 0.0584. The van der Waals surface area contributed by atoms with Crippen LogP contribution in [0.15, 0.2) is 12.1 Å². The fourth-order valence-electron chi connectivity index (χ4n) is 2.53. The van der Waals surface area contributed by atoms with Crippen molar-refractivity contribution in [2.75, 3.05) is 18.1 Å². The fourth-order valence-corrected chi connectivity index (χ4v) is 4.53. The van der Waals surface area contributed by atoms with E-state index in [1.807, 2.05) is 0 Å². The Kier molecular flexibility index (Phi) is 6.11. The number of amides is 1. The van der Waals surface area contributed by atoms with Crippen molar-refractivity contribution in [2.45, 2.75) is 38.6 Å². The molecule has 1 saturated heterocycles. The molecule has 1 unspecified atom stereocenters. The van der Waals surface area contributed by atoms with Crippen molar-refractivity contribution >= 4 is 35.0 Å². The monoisotopic (exact) mass is 327 g/mol. The van der Waals surface area contributed by atoms with Gasteiger partial charge in [-0.1, -0.05) is 0 Å². The second-order valence-corrected chi connectivity index (χ2v) is 7.80. The maximum atomic E-state index is 12.3. The molecule has 1 aromatic rings. The first-order chi connectivity index (χ1) is 10.1. The summed E-state index contributed by atoms with van der Waals surface area (Å²) in [5.41, 5.74) is 0. The molecule has 21 heavy (non-hydrogen) atoms. The van der Waals surface area contributed by atoms with E-state index in [1.54, 1.807) is 28.0 Å². The van der Waals surface area contributed by atoms with Crippen molar-refractivity contribution in [3.05, 3.63) is 21.9 Å². The normalized spacial score (nSPS) is 18.7. The fraction of sp³-hybridized carbons (Fsp3) is 0.600. The predicted molar refractivity (Wildman–Crippen MR) is 87.1 cm³/mol. The summed E-state index contributed by atoms with van der Waals surface area (Å²) in [4.78, 5) is 27.6. The number of carbonyl (C=O) groups is 2. The first-order valence-electron chi connectivity index (χ1n) is 7.20. The summed E-state index contributed by atoms with van der Waals surface area (Å²) in [6.45, 7) is 2.76. The molecular weight excluding hydrogens is 306 g/mol. The maximum Gasteiger partial charge on any atom is 0.305 e. The van der Waals surface area contributed by atoms with Crippen molar-refractivity contribution in [1.29, 1.82) is 0 Å². The molecule has 0 bridgehead atoms. The van der Waals surface area contributed by atoms with Crippen LogP contribution in [0.4, 0.5) is 0 Å². The van der Waals surface area contributed by atoms with E-state index in [2.05, 4.69) is 19.1 Å². The standard InChI is InChI=1S/C15H21NO3S2/c1-11-5-6-13(21-11)3-2-4-14(17)16-7-8-20-10-12(16)9-15(18)19/h5-6,12H,2-4,7-10H2,1H3,(H,18,19). The van der Waals surface area contributed by atoms with Crippen LogP contribution in [-0.4, -0.2) is 46.0 Å². The molecule has 2 heterocycles. The van der Waals surface area contributed by atoms with Gasteiger partial charge in [0.05, 0.1) is 12.5 Å². The Morgan fingerprint density at radius 3 is 2.90 bits per heavy atom. The number of thiophene rings is 1. The number of nitrogens with zero attached hydrogens (tertiary/aromatic N) is 1. The SMILES string of the molecule is Cc1ccc(CCCC(=O)N2CCSCC2CC(=O)O)s1. The number of carboxylic acids is 1. The van der Waals surface area contributed by atoms with Crippen LogP contribution in [0.1, 0.15) is 29.0 Å². The van der Waals surface area contributed by atoms with Crippen LogP contribution < -0.4 is 0 Å². The van der Waals surface area contributed by atoms with Gasteiger partial charge in [-0.25, -0.2) is 0 Å². The third kappa shape index (κ3) is 5.04. The van der Waals surface area contributed by atoms with E-state index in [4.69, 9.17) is 5.11 Å². The number of hydrogen-bond donors (Lipinski definition) is 1. The highest BCUT2D eigenvalue weighted by molar-refractivity contribution is 7.99. The zero-order chi connectivity index (χ0) is 15.2. The van der Waals surface area contributed by atoms with Crippen LogP contribution in [-0.2, 0) is 16.0 Å². The van der Waals surface area contributed by atoms with E-state index in [0.29, 0.717) is 13.0 Å². The van der Waals surface area contributed by atoms with Gasteiger partial charge in [-0.15, -0.1) is 11.3 Å². The molecule has 4 nitrogen and oxygen atoms in total. The van der Waals surface area contributed by atoms with Gasteiger partial charge in [0.15, 0.2) is 0 Å². The van der Waals surface area contributed by atoms with Crippen molar-refractivity contribution in [1.82, 2.24) is 4.90 Å². The highest BCUT2D eigenvalue weighted by Crippen LogP contribution is 2.21. The van der Waals surface area contributed by atoms with Crippen LogP contribution >= 0.6 is 23.1 Å². The van der Waals surface area contributed by atoms with Gasteiger partial charge in [-0.05, 0) is 31.9 Å². The van der Waals surface area contributed by atoms with Crippen LogP contribution in [0.25, 0.3) is 0 Å². The Bertz CT molecular complexity index is 501. The molecule has 1 amide bonds. The maximum absolute atomic E-state index is 12.3. The lowest BCUT2D eigenvalue weighted by Gasteiger charge is -2.34. The topological polar surface area (TPSA) is 57.6 Å². The molecule has 1 fully saturated rings. The first kappa shape index (κ1) is 16.4. The molecule has 0 spiro atoms. The molecule has 1 aromatic heterocycles. The zero-order valence-electron chi connectivity index (χ0n) is 12.2. The minimum Gasteiger partial charge on any atom is -0.481 e. The minimum atomic E-state index is -0.825. The quantitative estimate of drug-likeness (QED) is 0.873. The van der Waals surface area contributed by atoms with E-state index in [9.17, 15) is 9.59 Å². The highest BCUT2D eigenvalue weighted by atomic mass is 32.2. The molecule has 0 aromatic carbocycles. The lowest BCUT2D eigenvalue weighted by Crippen LogP contribution is -2.47. The summed E-state index contributed by atoms with van der Waals surface area (Å²) in [5.74, 6) is 0.929. The summed E-state index contributed by atoms with van der Waals surface area (Å²) in [6.07, 6.45) is 2.33. The number of aryl methyl sites for hydroxylation is 2. The van der Waals surface area contributed by atoms with Gasteiger partial charge in [0.2, 0.25) is 5.91 Å². The van der Waals surface area contributed by atoms with Crippen LogP contribution in [0, 0.1) is 6.92 Å². The van der Waals surface area contributed by atoms with Gasteiger partial charge >= 0.3 is 5.97 Å². The van der Waals surface area contributed by atoms with E-state index >= 15 is 0 Å². The van der Waals surface area contributed by atoms with Gasteiger partial charge in [0, 0.05) is 34.2 Å². The number of aliphatic carboxylic acids is 1. The number of carbonyl (C=O) groups excluding carboxylic acids is 1. The largest absolute Gasteiger partial charge is 0.481 e. The number of thioether (sulfide) groups is 1. The molecule has 0 aliphatic carbocycles. The molecule has 116 valence electrons. The highest BCUT2D eigenvalue weighted by Gasteiger charge is 2.28. The van der Waals surface area contributed by atoms with Gasteiger partial charge < -0.3 is 10.0 Å². The summed E-state index contributed by atoms with van der Waals surface area (Å²) in [7, 11) is 0. The van der Waals surface area contributed by atoms with Crippen molar-refractivity contribution in [3.63, 3.8) is 0 Å². The Balaban J connectivity index is 1.81. The van der Waals surface area contributed by atoms with Crippen molar-refractivity contribution < 1.29 is 14.7 Å². The molecule has 1 atom stereocenters. The molecule has 0 radical (unpaired) electrons. The second kappa shape index (κ2) is 7.84. The van der Waals surface area contributed by atoms with E-state index < -0.39 is 5.97 Å². The molecule has 6 heteroatoms.